The Morgan fingerprint density at radius 1 is 1.12 bits per heavy atom. The van der Waals surface area contributed by atoms with Crippen molar-refractivity contribution in [1.29, 1.82) is 0 Å². The van der Waals surface area contributed by atoms with Gasteiger partial charge in [0.25, 0.3) is 0 Å². The van der Waals surface area contributed by atoms with Crippen molar-refractivity contribution >= 4 is 28.3 Å². The second-order valence-electron chi connectivity index (χ2n) is 3.55. The largest absolute Gasteiger partial charge is 0.238 e. The molecule has 3 nitrogen and oxygen atoms in total. The van der Waals surface area contributed by atoms with E-state index in [4.69, 9.17) is 0 Å². The maximum absolute atomic E-state index is 10.5. The van der Waals surface area contributed by atoms with Gasteiger partial charge in [-0.15, -0.1) is 0 Å². The summed E-state index contributed by atoms with van der Waals surface area (Å²) in [5, 5.41) is 0. The van der Waals surface area contributed by atoms with Crippen LogP contribution in [0.25, 0.3) is 0 Å². The van der Waals surface area contributed by atoms with Crippen molar-refractivity contribution in [1.82, 2.24) is 0 Å². The van der Waals surface area contributed by atoms with Gasteiger partial charge < -0.3 is 0 Å². The van der Waals surface area contributed by atoms with Crippen LogP contribution < -0.4 is 0 Å². The van der Waals surface area contributed by atoms with E-state index in [2.05, 4.69) is 22.1 Å². The van der Waals surface area contributed by atoms with Crippen molar-refractivity contribution in [3.05, 3.63) is 35.9 Å². The molecular weight excluding hydrogens is 220 g/mol. The summed E-state index contributed by atoms with van der Waals surface area (Å²) in [6.45, 7) is 0. The van der Waals surface area contributed by atoms with E-state index in [9.17, 15) is 4.21 Å². The Morgan fingerprint density at radius 3 is 2.62 bits per heavy atom. The third-order valence-electron chi connectivity index (χ3n) is 2.36. The van der Waals surface area contributed by atoms with E-state index in [0.717, 1.165) is 25.1 Å². The third kappa shape index (κ3) is 2.97. The molecule has 0 unspecified atom stereocenters. The van der Waals surface area contributed by atoms with Crippen LogP contribution in [0, 0.1) is 0 Å². The molecule has 16 heavy (non-hydrogen) atoms. The first-order valence-corrected chi connectivity index (χ1v) is 5.95. The van der Waals surface area contributed by atoms with Crippen molar-refractivity contribution in [2.45, 2.75) is 19.3 Å². The van der Waals surface area contributed by atoms with Gasteiger partial charge in [-0.05, 0) is 18.4 Å². The molecule has 1 heterocycles. The van der Waals surface area contributed by atoms with Crippen LogP contribution in [-0.4, -0.2) is 21.2 Å². The summed E-state index contributed by atoms with van der Waals surface area (Å²) in [6, 6.07) is 10.3. The van der Waals surface area contributed by atoms with Crippen LogP contribution in [0.5, 0.6) is 0 Å². The Balaban J connectivity index is 1.82. The van der Waals surface area contributed by atoms with E-state index in [1.165, 1.54) is 11.8 Å². The van der Waals surface area contributed by atoms with E-state index >= 15 is 0 Å². The summed E-state index contributed by atoms with van der Waals surface area (Å²) in [5.74, 6) is 0.772. The van der Waals surface area contributed by atoms with Gasteiger partial charge in [-0.25, -0.2) is 14.2 Å². The van der Waals surface area contributed by atoms with E-state index in [1.54, 1.807) is 0 Å². The molecule has 0 N–H and O–H groups in total. The molecule has 0 atom stereocenters. The lowest BCUT2D eigenvalue weighted by Crippen LogP contribution is -1.94. The first-order chi connectivity index (χ1) is 7.88. The number of hydrogen-bond acceptors (Lipinski definition) is 2. The topological polar surface area (TPSA) is 41.8 Å². The van der Waals surface area contributed by atoms with Gasteiger partial charge in [0.1, 0.15) is 17.1 Å². The molecule has 1 aliphatic heterocycles. The molecule has 82 valence electrons. The number of aliphatic imine (C=N–C) groups is 2. The van der Waals surface area contributed by atoms with Crippen molar-refractivity contribution in [3.63, 3.8) is 0 Å². The third-order valence-corrected chi connectivity index (χ3v) is 2.72. The quantitative estimate of drug-likeness (QED) is 0.730. The highest BCUT2D eigenvalue weighted by molar-refractivity contribution is 7.68. The number of aryl methyl sites for hydroxylation is 1. The summed E-state index contributed by atoms with van der Waals surface area (Å²) >= 11 is 0.396. The van der Waals surface area contributed by atoms with Crippen LogP contribution in [-0.2, 0) is 17.7 Å². The number of nitrogens with zero attached hydrogens (tertiary/aromatic N) is 2. The average Bonchev–Trinajstić information content (AvgIpc) is 2.78. The van der Waals surface area contributed by atoms with Crippen molar-refractivity contribution in [2.75, 3.05) is 0 Å². The molecule has 0 saturated carbocycles. The standard InChI is InChI=1S/C12H12N2OS/c15-16-12-9-13-11(14-12)8-4-7-10-5-2-1-3-6-10/h1-3,5-6,9H,4,7-8H2. The molecule has 0 amide bonds. The molecule has 0 bridgehead atoms. The van der Waals surface area contributed by atoms with Gasteiger partial charge in [0.15, 0.2) is 4.99 Å². The molecule has 1 aromatic rings. The molecule has 0 spiro atoms. The molecule has 1 aliphatic rings. The summed E-state index contributed by atoms with van der Waals surface area (Å²) in [7, 11) is 0. The molecule has 0 aromatic heterocycles. The summed E-state index contributed by atoms with van der Waals surface area (Å²) in [6.07, 6.45) is 4.40. The van der Waals surface area contributed by atoms with Crippen molar-refractivity contribution < 1.29 is 4.21 Å². The second kappa shape index (κ2) is 5.51. The highest BCUT2D eigenvalue weighted by atomic mass is 32.1. The lowest BCUT2D eigenvalue weighted by Gasteiger charge is -1.99. The zero-order chi connectivity index (χ0) is 11.2. The predicted molar refractivity (Wildman–Crippen MR) is 68.5 cm³/mol. The maximum atomic E-state index is 10.5. The van der Waals surface area contributed by atoms with Crippen LogP contribution in [0.1, 0.15) is 18.4 Å². The Hall–Kier alpha value is -1.55. The normalized spacial score (nSPS) is 14.0. The number of benzene rings is 1. The Kier molecular flexibility index (Phi) is 3.77. The van der Waals surface area contributed by atoms with Crippen LogP contribution >= 0.6 is 0 Å². The lowest BCUT2D eigenvalue weighted by molar-refractivity contribution is 0.701. The number of amidine groups is 1. The Morgan fingerprint density at radius 2 is 1.94 bits per heavy atom. The molecular formula is C12H12N2OS. The summed E-state index contributed by atoms with van der Waals surface area (Å²) in [4.78, 5) is 8.65. The molecule has 1 aromatic carbocycles. The van der Waals surface area contributed by atoms with Gasteiger partial charge in [-0.2, -0.15) is 0 Å². The van der Waals surface area contributed by atoms with E-state index in [1.807, 2.05) is 18.2 Å². The van der Waals surface area contributed by atoms with Gasteiger partial charge in [0.2, 0.25) is 0 Å². The maximum Gasteiger partial charge on any atom is 0.176 e. The molecule has 0 fully saturated rings. The number of rotatable bonds is 4. The smallest absolute Gasteiger partial charge is 0.176 e. The predicted octanol–water partition coefficient (Wildman–Crippen LogP) is 1.84. The first kappa shape index (κ1) is 11.0. The highest BCUT2D eigenvalue weighted by Gasteiger charge is 2.05. The molecule has 4 heteroatoms. The highest BCUT2D eigenvalue weighted by Crippen LogP contribution is 2.07. The van der Waals surface area contributed by atoms with Gasteiger partial charge in [-0.3, -0.25) is 0 Å². The first-order valence-electron chi connectivity index (χ1n) is 5.21. The molecule has 0 radical (unpaired) electrons. The zero-order valence-electron chi connectivity index (χ0n) is 8.80. The Bertz CT molecular complexity index is 473. The van der Waals surface area contributed by atoms with E-state index < -0.39 is 0 Å². The molecule has 2 rings (SSSR count). The van der Waals surface area contributed by atoms with Crippen molar-refractivity contribution in [3.8, 4) is 0 Å². The van der Waals surface area contributed by atoms with E-state index in [-0.39, 0.29) is 0 Å². The zero-order valence-corrected chi connectivity index (χ0v) is 9.61. The van der Waals surface area contributed by atoms with Gasteiger partial charge in [0.05, 0.1) is 6.21 Å². The van der Waals surface area contributed by atoms with Crippen LogP contribution in [0.15, 0.2) is 40.3 Å². The number of hydrogen-bond donors (Lipinski definition) is 0. The van der Waals surface area contributed by atoms with Crippen molar-refractivity contribution in [2.24, 2.45) is 9.98 Å². The minimum Gasteiger partial charge on any atom is -0.238 e. The van der Waals surface area contributed by atoms with Gasteiger partial charge in [-0.1, -0.05) is 30.3 Å². The fourth-order valence-corrected chi connectivity index (χ4v) is 1.81. The average molecular weight is 232 g/mol. The lowest BCUT2D eigenvalue weighted by atomic mass is 10.1. The Labute approximate surface area is 98.0 Å². The molecule has 0 aliphatic carbocycles. The van der Waals surface area contributed by atoms with Crippen LogP contribution in [0.4, 0.5) is 0 Å². The van der Waals surface area contributed by atoms with Gasteiger partial charge in [0, 0.05) is 6.42 Å². The minimum atomic E-state index is 0.396. The monoisotopic (exact) mass is 232 g/mol. The van der Waals surface area contributed by atoms with E-state index in [0.29, 0.717) is 16.2 Å². The van der Waals surface area contributed by atoms with Gasteiger partial charge >= 0.3 is 0 Å². The fraction of sp³-hybridized carbons (Fsp3) is 0.250. The summed E-state index contributed by atoms with van der Waals surface area (Å²) in [5.41, 5.74) is 1.33. The van der Waals surface area contributed by atoms with Crippen LogP contribution in [0.2, 0.25) is 0 Å². The fourth-order valence-electron chi connectivity index (χ4n) is 1.57. The molecule has 0 saturated heterocycles. The SMILES string of the molecule is O=S=C1C=NC(CCCc2ccccc2)=N1. The second-order valence-corrected chi connectivity index (χ2v) is 4.13. The minimum absolute atomic E-state index is 0.396. The summed E-state index contributed by atoms with van der Waals surface area (Å²) < 4.78 is 10.5. The van der Waals surface area contributed by atoms with Crippen LogP contribution in [0.3, 0.4) is 0 Å².